The molecule has 0 unspecified atom stereocenters. The van der Waals surface area contributed by atoms with E-state index in [1.807, 2.05) is 25.1 Å². The fourth-order valence-corrected chi connectivity index (χ4v) is 2.23. The van der Waals surface area contributed by atoms with E-state index >= 15 is 0 Å². The lowest BCUT2D eigenvalue weighted by atomic mass is 10.0. The van der Waals surface area contributed by atoms with E-state index in [-0.39, 0.29) is 6.61 Å². The number of benzene rings is 1. The molecule has 0 amide bonds. The van der Waals surface area contributed by atoms with Crippen LogP contribution in [0, 0.1) is 0 Å². The number of oxime groups is 2. The Morgan fingerprint density at radius 1 is 1.15 bits per heavy atom. The molecule has 0 heterocycles. The molecule has 0 saturated carbocycles. The SMILES string of the molecule is C=C(C)CC(=NOC)C(C)=NOCc1ccccc1C(=COC)C(=O)OC. The van der Waals surface area contributed by atoms with E-state index in [2.05, 4.69) is 16.9 Å². The fraction of sp³-hybridized carbons (Fsp3) is 0.350. The third-order valence-electron chi connectivity index (χ3n) is 3.46. The number of allylic oxidation sites excluding steroid dienone is 1. The first-order valence-corrected chi connectivity index (χ1v) is 8.25. The molecule has 0 aliphatic rings. The summed E-state index contributed by atoms with van der Waals surface area (Å²) in [6.45, 7) is 7.69. The molecule has 146 valence electrons. The highest BCUT2D eigenvalue weighted by Crippen LogP contribution is 2.21. The standard InChI is InChI=1S/C20H26N2O5/c1-14(2)11-19(22-26-6)15(3)21-27-12-16-9-7-8-10-17(16)18(13-24-4)20(23)25-5/h7-10,13H,1,11-12H2,2-6H3. The van der Waals surface area contributed by atoms with Gasteiger partial charge in [0, 0.05) is 12.0 Å². The van der Waals surface area contributed by atoms with Gasteiger partial charge >= 0.3 is 5.97 Å². The van der Waals surface area contributed by atoms with Crippen LogP contribution in [0.5, 0.6) is 0 Å². The zero-order chi connectivity index (χ0) is 20.2. The van der Waals surface area contributed by atoms with E-state index in [0.29, 0.717) is 29.0 Å². The summed E-state index contributed by atoms with van der Waals surface area (Å²) in [4.78, 5) is 22.3. The van der Waals surface area contributed by atoms with Gasteiger partial charge in [0.1, 0.15) is 30.7 Å². The van der Waals surface area contributed by atoms with Gasteiger partial charge in [-0.2, -0.15) is 0 Å². The Morgan fingerprint density at radius 2 is 1.85 bits per heavy atom. The summed E-state index contributed by atoms with van der Waals surface area (Å²) in [6.07, 6.45) is 1.88. The molecule has 1 aromatic carbocycles. The molecular formula is C20H26N2O5. The quantitative estimate of drug-likeness (QED) is 0.156. The molecule has 0 bridgehead atoms. The third kappa shape index (κ3) is 6.97. The Labute approximate surface area is 159 Å². The number of carbonyl (C=O) groups excluding carboxylic acids is 1. The van der Waals surface area contributed by atoms with E-state index < -0.39 is 5.97 Å². The number of nitrogens with zero attached hydrogens (tertiary/aromatic N) is 2. The second-order valence-electron chi connectivity index (χ2n) is 5.72. The van der Waals surface area contributed by atoms with Crippen molar-refractivity contribution in [2.75, 3.05) is 21.3 Å². The van der Waals surface area contributed by atoms with Crippen molar-refractivity contribution in [3.63, 3.8) is 0 Å². The van der Waals surface area contributed by atoms with Crippen LogP contribution in [0.3, 0.4) is 0 Å². The molecule has 27 heavy (non-hydrogen) atoms. The summed E-state index contributed by atoms with van der Waals surface area (Å²) in [7, 11) is 4.25. The molecule has 0 aliphatic carbocycles. The van der Waals surface area contributed by atoms with Crippen LogP contribution < -0.4 is 0 Å². The van der Waals surface area contributed by atoms with Crippen LogP contribution in [0.15, 0.2) is 53.0 Å². The highest BCUT2D eigenvalue weighted by Gasteiger charge is 2.17. The van der Waals surface area contributed by atoms with Gasteiger partial charge in [-0.1, -0.05) is 46.7 Å². The second kappa shape index (κ2) is 11.5. The van der Waals surface area contributed by atoms with Crippen molar-refractivity contribution < 1.29 is 23.9 Å². The first-order chi connectivity index (χ1) is 12.9. The highest BCUT2D eigenvalue weighted by molar-refractivity contribution is 6.41. The molecule has 0 aromatic heterocycles. The maximum absolute atomic E-state index is 12.0. The molecule has 0 spiro atoms. The molecule has 0 aliphatic heterocycles. The summed E-state index contributed by atoms with van der Waals surface area (Å²) in [6, 6.07) is 7.29. The van der Waals surface area contributed by atoms with Gasteiger partial charge in [-0.05, 0) is 19.4 Å². The Morgan fingerprint density at radius 3 is 2.44 bits per heavy atom. The van der Waals surface area contributed by atoms with Crippen LogP contribution in [0.4, 0.5) is 0 Å². The molecular weight excluding hydrogens is 348 g/mol. The number of rotatable bonds is 10. The van der Waals surface area contributed by atoms with E-state index in [0.717, 1.165) is 11.1 Å². The molecule has 0 radical (unpaired) electrons. The Hall–Kier alpha value is -3.09. The average Bonchev–Trinajstić information content (AvgIpc) is 2.65. The lowest BCUT2D eigenvalue weighted by molar-refractivity contribution is -0.133. The van der Waals surface area contributed by atoms with Crippen molar-refractivity contribution in [1.82, 2.24) is 0 Å². The number of esters is 1. The van der Waals surface area contributed by atoms with Gasteiger partial charge < -0.3 is 19.1 Å². The first-order valence-electron chi connectivity index (χ1n) is 8.25. The maximum Gasteiger partial charge on any atom is 0.341 e. The largest absolute Gasteiger partial charge is 0.503 e. The summed E-state index contributed by atoms with van der Waals surface area (Å²) in [5.41, 5.74) is 3.84. The molecule has 1 rings (SSSR count). The molecule has 0 fully saturated rings. The topological polar surface area (TPSA) is 78.7 Å². The predicted molar refractivity (Wildman–Crippen MR) is 105 cm³/mol. The number of hydrogen-bond donors (Lipinski definition) is 0. The van der Waals surface area contributed by atoms with Crippen LogP contribution in [0.25, 0.3) is 5.57 Å². The molecule has 1 aromatic rings. The minimum Gasteiger partial charge on any atom is -0.503 e. The van der Waals surface area contributed by atoms with Crippen molar-refractivity contribution in [1.29, 1.82) is 0 Å². The zero-order valence-electron chi connectivity index (χ0n) is 16.4. The minimum absolute atomic E-state index is 0.152. The van der Waals surface area contributed by atoms with Gasteiger partial charge in [0.05, 0.1) is 20.5 Å². The molecule has 0 N–H and O–H groups in total. The van der Waals surface area contributed by atoms with Gasteiger partial charge in [-0.15, -0.1) is 0 Å². The van der Waals surface area contributed by atoms with E-state index in [1.54, 1.807) is 13.0 Å². The molecule has 7 nitrogen and oxygen atoms in total. The fourth-order valence-electron chi connectivity index (χ4n) is 2.23. The van der Waals surface area contributed by atoms with Gasteiger partial charge in [0.2, 0.25) is 0 Å². The molecule has 7 heteroatoms. The van der Waals surface area contributed by atoms with Crippen molar-refractivity contribution in [3.05, 3.63) is 53.8 Å². The summed E-state index contributed by atoms with van der Waals surface area (Å²) in [5.74, 6) is -0.500. The highest BCUT2D eigenvalue weighted by atomic mass is 16.6. The average molecular weight is 374 g/mol. The van der Waals surface area contributed by atoms with Crippen LogP contribution in [0.1, 0.15) is 31.4 Å². The number of ether oxygens (including phenoxy) is 2. The number of carbonyl (C=O) groups is 1. The van der Waals surface area contributed by atoms with Crippen LogP contribution >= 0.6 is 0 Å². The first kappa shape index (κ1) is 22.0. The third-order valence-corrected chi connectivity index (χ3v) is 3.46. The van der Waals surface area contributed by atoms with Crippen molar-refractivity contribution in [2.45, 2.75) is 26.9 Å². The van der Waals surface area contributed by atoms with Gasteiger partial charge in [-0.25, -0.2) is 4.79 Å². The number of methoxy groups -OCH3 is 2. The lowest BCUT2D eigenvalue weighted by Gasteiger charge is -2.11. The van der Waals surface area contributed by atoms with E-state index in [1.165, 1.54) is 27.6 Å². The lowest BCUT2D eigenvalue weighted by Crippen LogP contribution is -2.12. The minimum atomic E-state index is -0.500. The van der Waals surface area contributed by atoms with E-state index in [4.69, 9.17) is 19.1 Å². The van der Waals surface area contributed by atoms with Gasteiger partial charge in [-0.3, -0.25) is 0 Å². The van der Waals surface area contributed by atoms with Crippen LogP contribution in [-0.2, 0) is 30.6 Å². The van der Waals surface area contributed by atoms with E-state index in [9.17, 15) is 4.79 Å². The van der Waals surface area contributed by atoms with Crippen molar-refractivity contribution in [3.8, 4) is 0 Å². The monoisotopic (exact) mass is 374 g/mol. The number of hydrogen-bond acceptors (Lipinski definition) is 7. The van der Waals surface area contributed by atoms with Gasteiger partial charge in [0.25, 0.3) is 0 Å². The van der Waals surface area contributed by atoms with Gasteiger partial charge in [0.15, 0.2) is 0 Å². The van der Waals surface area contributed by atoms with Crippen LogP contribution in [-0.4, -0.2) is 38.7 Å². The zero-order valence-corrected chi connectivity index (χ0v) is 16.4. The smallest absolute Gasteiger partial charge is 0.341 e. The Bertz CT molecular complexity index is 750. The summed E-state index contributed by atoms with van der Waals surface area (Å²) < 4.78 is 9.82. The predicted octanol–water partition coefficient (Wildman–Crippen LogP) is 3.71. The normalized spacial score (nSPS) is 12.4. The summed E-state index contributed by atoms with van der Waals surface area (Å²) in [5, 5.41) is 8.05. The van der Waals surface area contributed by atoms with Crippen molar-refractivity contribution >= 4 is 23.0 Å². The maximum atomic E-state index is 12.0. The molecule has 0 atom stereocenters. The Balaban J connectivity index is 3.01. The van der Waals surface area contributed by atoms with Crippen LogP contribution in [0.2, 0.25) is 0 Å². The van der Waals surface area contributed by atoms with Crippen molar-refractivity contribution in [2.24, 2.45) is 10.3 Å². The Kier molecular flexibility index (Phi) is 9.36. The summed E-state index contributed by atoms with van der Waals surface area (Å²) >= 11 is 0. The second-order valence-corrected chi connectivity index (χ2v) is 5.72. The molecule has 0 saturated heterocycles.